The van der Waals surface area contributed by atoms with Gasteiger partial charge in [-0.05, 0) is 23.6 Å². The minimum absolute atomic E-state index is 0.191. The molecule has 0 amide bonds. The Morgan fingerprint density at radius 3 is 1.90 bits per heavy atom. The second-order valence-corrected chi connectivity index (χ2v) is 11.5. The van der Waals surface area contributed by atoms with Gasteiger partial charge in [0.2, 0.25) is 0 Å². The molecule has 0 bridgehead atoms. The first-order valence-electron chi connectivity index (χ1n) is 13.4. The molecule has 3 aromatic carbocycles. The predicted molar refractivity (Wildman–Crippen MR) is 159 cm³/mol. The van der Waals surface area contributed by atoms with Crippen LogP contribution in [0.2, 0.25) is 0 Å². The zero-order chi connectivity index (χ0) is 29.7. The second-order valence-electron chi connectivity index (χ2n) is 9.85. The average Bonchev–Trinajstić information content (AvgIpc) is 3.45. The molecule has 11 nitrogen and oxygen atoms in total. The zero-order valence-corrected chi connectivity index (χ0v) is 24.4. The van der Waals surface area contributed by atoms with E-state index < -0.39 is 31.4 Å². The quantitative estimate of drug-likeness (QED) is 0.0959. The maximum absolute atomic E-state index is 11.9. The molecule has 0 saturated heterocycles. The number of nitrogens with zero attached hydrogens (tertiary/aromatic N) is 4. The van der Waals surface area contributed by atoms with Crippen molar-refractivity contribution in [1.82, 2.24) is 15.0 Å². The Morgan fingerprint density at radius 2 is 1.45 bits per heavy atom. The van der Waals surface area contributed by atoms with Crippen LogP contribution in [0.4, 0.5) is 5.82 Å². The average molecular weight is 592 g/mol. The Balaban J connectivity index is 1.72. The minimum Gasteiger partial charge on any atom is -0.346 e. The molecule has 220 valence electrons. The molecule has 0 spiro atoms. The summed E-state index contributed by atoms with van der Waals surface area (Å²) < 4.78 is 24.6. The Labute approximate surface area is 244 Å². The van der Waals surface area contributed by atoms with E-state index in [9.17, 15) is 14.4 Å². The highest BCUT2D eigenvalue weighted by Crippen LogP contribution is 2.46. The van der Waals surface area contributed by atoms with Crippen molar-refractivity contribution in [3.05, 3.63) is 120 Å². The predicted octanol–water partition coefficient (Wildman–Crippen LogP) is 4.23. The molecule has 12 heteroatoms. The van der Waals surface area contributed by atoms with Crippen LogP contribution in [0.25, 0.3) is 0 Å². The number of hydrogen-bond acceptors (Lipinski definition) is 8. The molecule has 1 aromatic heterocycles. The minimum atomic E-state index is -4.65. The SMILES string of the molecule is CONC1N=CN(CC(C)O[C@@H](OC)P(=O)(O)O)c2c1ncn2C(c1ccccc1)(c1ccccc1)c1ccccc1. The molecule has 3 atom stereocenters. The molecule has 2 heterocycles. The fraction of sp³-hybridized carbons (Fsp3) is 0.267. The van der Waals surface area contributed by atoms with E-state index in [0.29, 0.717) is 11.5 Å². The monoisotopic (exact) mass is 591 g/mol. The number of hydrogen-bond donors (Lipinski definition) is 3. The van der Waals surface area contributed by atoms with Gasteiger partial charge in [0.25, 0.3) is 6.03 Å². The van der Waals surface area contributed by atoms with E-state index in [-0.39, 0.29) is 6.54 Å². The molecule has 1 aliphatic rings. The van der Waals surface area contributed by atoms with E-state index in [2.05, 4.69) is 51.4 Å². The zero-order valence-electron chi connectivity index (χ0n) is 23.5. The normalized spacial score (nSPS) is 16.7. The fourth-order valence-electron chi connectivity index (χ4n) is 5.43. The molecule has 42 heavy (non-hydrogen) atoms. The number of benzene rings is 3. The van der Waals surface area contributed by atoms with Crippen molar-refractivity contribution in [1.29, 1.82) is 0 Å². The standard InChI is InChI=1S/C30H34N5O6P/c1-22(41-29(39-2)42(36,37)38)19-34-20-32-27(33-40-3)26-28(34)35(21-31-26)30(23-13-7-4-8-14-23,24-15-9-5-10-16-24)25-17-11-6-12-18-25/h4-18,20-22,27,29,33H,19H2,1-3H3,(H2,36,37,38)/t22?,27?,29-/m1/s1. The summed E-state index contributed by atoms with van der Waals surface area (Å²) in [6.45, 7) is 1.91. The highest BCUT2D eigenvalue weighted by molar-refractivity contribution is 7.52. The number of aliphatic imine (C=N–C) groups is 1. The maximum Gasteiger partial charge on any atom is 0.381 e. The van der Waals surface area contributed by atoms with Gasteiger partial charge in [0, 0.05) is 7.11 Å². The van der Waals surface area contributed by atoms with Gasteiger partial charge in [-0.15, -0.1) is 0 Å². The summed E-state index contributed by atoms with van der Waals surface area (Å²) in [4.78, 5) is 35.9. The number of nitrogens with one attached hydrogen (secondary N) is 1. The number of methoxy groups -OCH3 is 1. The molecular weight excluding hydrogens is 557 g/mol. The van der Waals surface area contributed by atoms with E-state index in [1.54, 1.807) is 19.6 Å². The number of rotatable bonds is 12. The summed E-state index contributed by atoms with van der Waals surface area (Å²) in [6.07, 6.45) is 2.18. The molecule has 1 aliphatic heterocycles. The van der Waals surface area contributed by atoms with Gasteiger partial charge in [-0.1, -0.05) is 91.0 Å². The van der Waals surface area contributed by atoms with E-state index in [1.807, 2.05) is 59.5 Å². The summed E-state index contributed by atoms with van der Waals surface area (Å²) in [5.74, 6) is 0.705. The number of imidazole rings is 1. The van der Waals surface area contributed by atoms with Crippen LogP contribution in [-0.2, 0) is 24.4 Å². The van der Waals surface area contributed by atoms with Crippen LogP contribution in [0, 0.1) is 0 Å². The summed E-state index contributed by atoms with van der Waals surface area (Å²) in [5.41, 5.74) is 5.67. The first-order valence-corrected chi connectivity index (χ1v) is 15.0. The molecule has 0 aliphatic carbocycles. The molecule has 3 N–H and O–H groups in total. The highest BCUT2D eigenvalue weighted by Gasteiger charge is 2.43. The third kappa shape index (κ3) is 5.68. The van der Waals surface area contributed by atoms with Crippen LogP contribution in [0.5, 0.6) is 0 Å². The van der Waals surface area contributed by atoms with Gasteiger partial charge in [0.1, 0.15) is 17.1 Å². The van der Waals surface area contributed by atoms with Crippen molar-refractivity contribution in [2.75, 3.05) is 25.7 Å². The van der Waals surface area contributed by atoms with Crippen LogP contribution in [0.1, 0.15) is 35.5 Å². The van der Waals surface area contributed by atoms with E-state index in [4.69, 9.17) is 19.3 Å². The largest absolute Gasteiger partial charge is 0.381 e. The third-order valence-electron chi connectivity index (χ3n) is 7.10. The van der Waals surface area contributed by atoms with Gasteiger partial charge in [-0.3, -0.25) is 9.13 Å². The van der Waals surface area contributed by atoms with Crippen LogP contribution in [0.15, 0.2) is 102 Å². The first kappa shape index (κ1) is 29.8. The number of anilines is 1. The maximum atomic E-state index is 11.9. The lowest BCUT2D eigenvalue weighted by Gasteiger charge is -2.41. The molecular formula is C30H34N5O6P. The van der Waals surface area contributed by atoms with Gasteiger partial charge in [-0.25, -0.2) is 9.98 Å². The number of ether oxygens (including phenoxy) is 2. The van der Waals surface area contributed by atoms with Crippen molar-refractivity contribution in [3.8, 4) is 0 Å². The van der Waals surface area contributed by atoms with Crippen LogP contribution in [-0.4, -0.2) is 58.6 Å². The Kier molecular flexibility index (Phi) is 9.00. The van der Waals surface area contributed by atoms with Crippen molar-refractivity contribution in [3.63, 3.8) is 0 Å². The van der Waals surface area contributed by atoms with Crippen LogP contribution >= 0.6 is 7.60 Å². The Morgan fingerprint density at radius 1 is 0.929 bits per heavy atom. The van der Waals surface area contributed by atoms with E-state index >= 15 is 0 Å². The van der Waals surface area contributed by atoms with Gasteiger partial charge in [0.05, 0.1) is 32.4 Å². The van der Waals surface area contributed by atoms with Crippen molar-refractivity contribution < 1.29 is 28.7 Å². The number of fused-ring (bicyclic) bond motifs is 1. The van der Waals surface area contributed by atoms with Crippen molar-refractivity contribution in [2.45, 2.75) is 30.8 Å². The molecule has 0 fully saturated rings. The smallest absolute Gasteiger partial charge is 0.346 e. The lowest BCUT2D eigenvalue weighted by molar-refractivity contribution is -0.107. The van der Waals surface area contributed by atoms with Gasteiger partial charge in [-0.2, -0.15) is 5.48 Å². The first-order chi connectivity index (χ1) is 20.3. The third-order valence-corrected chi connectivity index (χ3v) is 7.98. The van der Waals surface area contributed by atoms with Gasteiger partial charge >= 0.3 is 7.60 Å². The molecule has 2 unspecified atom stereocenters. The number of hydroxylamine groups is 1. The molecule has 5 rings (SSSR count). The van der Waals surface area contributed by atoms with Gasteiger partial charge in [0.15, 0.2) is 6.17 Å². The van der Waals surface area contributed by atoms with E-state index in [1.165, 1.54) is 14.2 Å². The highest BCUT2D eigenvalue weighted by atomic mass is 31.2. The Hall–Kier alpha value is -3.67. The van der Waals surface area contributed by atoms with Crippen molar-refractivity contribution in [2.24, 2.45) is 4.99 Å². The lowest BCUT2D eigenvalue weighted by atomic mass is 9.76. The topological polar surface area (TPSA) is 131 Å². The van der Waals surface area contributed by atoms with Crippen molar-refractivity contribution >= 4 is 19.8 Å². The molecule has 0 radical (unpaired) electrons. The summed E-state index contributed by atoms with van der Waals surface area (Å²) in [5, 5.41) is 0. The fourth-order valence-corrected chi connectivity index (χ4v) is 6.07. The van der Waals surface area contributed by atoms with E-state index in [0.717, 1.165) is 16.7 Å². The lowest BCUT2D eigenvalue weighted by Crippen LogP contribution is -2.43. The summed E-state index contributed by atoms with van der Waals surface area (Å²) >= 11 is 0. The molecule has 4 aromatic rings. The van der Waals surface area contributed by atoms with Gasteiger partial charge < -0.3 is 29.0 Å². The Bertz CT molecular complexity index is 1430. The summed E-state index contributed by atoms with van der Waals surface area (Å²) in [7, 11) is -1.94. The van der Waals surface area contributed by atoms with Crippen LogP contribution < -0.4 is 10.4 Å². The molecule has 0 saturated carbocycles. The summed E-state index contributed by atoms with van der Waals surface area (Å²) in [6, 6.07) is 28.9. The number of aromatic nitrogens is 2. The second kappa shape index (κ2) is 12.7. The van der Waals surface area contributed by atoms with Crippen LogP contribution in [0.3, 0.4) is 0 Å².